The Morgan fingerprint density at radius 3 is 2.70 bits per heavy atom. The molecular formula is C18H18N4O4S. The molecule has 0 atom stereocenters. The van der Waals surface area contributed by atoms with Gasteiger partial charge in [-0.05, 0) is 17.7 Å². The minimum atomic E-state index is -0.499. The van der Waals surface area contributed by atoms with E-state index in [2.05, 4.69) is 20.3 Å². The van der Waals surface area contributed by atoms with Crippen LogP contribution in [-0.2, 0) is 20.9 Å². The molecule has 3 rings (SSSR count). The Kier molecular flexibility index (Phi) is 6.26. The predicted molar refractivity (Wildman–Crippen MR) is 99.0 cm³/mol. The molecule has 140 valence electrons. The number of benzene rings is 1. The smallest absolute Gasteiger partial charge is 0.325 e. The fourth-order valence-electron chi connectivity index (χ4n) is 2.32. The number of ether oxygens (including phenoxy) is 1. The van der Waals surface area contributed by atoms with E-state index >= 15 is 0 Å². The lowest BCUT2D eigenvalue weighted by atomic mass is 10.2. The van der Waals surface area contributed by atoms with E-state index in [4.69, 9.17) is 4.42 Å². The first-order valence-electron chi connectivity index (χ1n) is 8.14. The molecule has 1 aromatic carbocycles. The maximum atomic E-state index is 11.9. The summed E-state index contributed by atoms with van der Waals surface area (Å²) in [6.45, 7) is 0.375. The van der Waals surface area contributed by atoms with Gasteiger partial charge in [0.25, 0.3) is 0 Å². The van der Waals surface area contributed by atoms with Crippen molar-refractivity contribution >= 4 is 23.6 Å². The Morgan fingerprint density at radius 1 is 1.19 bits per heavy atom. The van der Waals surface area contributed by atoms with Gasteiger partial charge in [-0.1, -0.05) is 42.1 Å². The molecule has 0 aliphatic carbocycles. The van der Waals surface area contributed by atoms with Crippen LogP contribution < -0.4 is 5.32 Å². The van der Waals surface area contributed by atoms with Gasteiger partial charge in [-0.3, -0.25) is 14.2 Å². The lowest BCUT2D eigenvalue weighted by Crippen LogP contribution is -2.31. The maximum absolute atomic E-state index is 11.9. The van der Waals surface area contributed by atoms with Crippen molar-refractivity contribution in [1.29, 1.82) is 0 Å². The van der Waals surface area contributed by atoms with Crippen LogP contribution in [0.3, 0.4) is 0 Å². The molecular weight excluding hydrogens is 368 g/mol. The Balaban J connectivity index is 1.74. The monoisotopic (exact) mass is 386 g/mol. The molecule has 0 spiro atoms. The summed E-state index contributed by atoms with van der Waals surface area (Å²) in [5.74, 6) is 0.490. The third kappa shape index (κ3) is 4.98. The van der Waals surface area contributed by atoms with Gasteiger partial charge in [-0.25, -0.2) is 0 Å². The Labute approximate surface area is 159 Å². The van der Waals surface area contributed by atoms with E-state index in [0.717, 1.165) is 5.56 Å². The zero-order chi connectivity index (χ0) is 19.1. The standard InChI is InChI=1S/C18H18N4O4S/c1-25-16(24)10-19-15(23)12-27-18-21-20-17(14-8-5-9-26-14)22(18)11-13-6-3-2-4-7-13/h2-9H,10-12H2,1H3,(H,19,23). The van der Waals surface area contributed by atoms with Gasteiger partial charge in [0.05, 0.1) is 25.7 Å². The zero-order valence-electron chi connectivity index (χ0n) is 14.6. The molecule has 2 aromatic heterocycles. The molecule has 0 aliphatic rings. The summed E-state index contributed by atoms with van der Waals surface area (Å²) in [7, 11) is 1.27. The topological polar surface area (TPSA) is 99.2 Å². The molecule has 3 aromatic rings. The van der Waals surface area contributed by atoms with Crippen molar-refractivity contribution in [3.05, 3.63) is 54.3 Å². The summed E-state index contributed by atoms with van der Waals surface area (Å²) >= 11 is 1.24. The van der Waals surface area contributed by atoms with Crippen molar-refractivity contribution in [3.8, 4) is 11.6 Å². The van der Waals surface area contributed by atoms with E-state index < -0.39 is 5.97 Å². The number of nitrogens with one attached hydrogen (secondary N) is 1. The quantitative estimate of drug-likeness (QED) is 0.467. The number of aromatic nitrogens is 3. The van der Waals surface area contributed by atoms with Crippen LogP contribution in [-0.4, -0.2) is 46.0 Å². The Hall–Kier alpha value is -3.07. The van der Waals surface area contributed by atoms with Gasteiger partial charge in [0, 0.05) is 0 Å². The van der Waals surface area contributed by atoms with Gasteiger partial charge in [0.2, 0.25) is 11.7 Å². The van der Waals surface area contributed by atoms with Gasteiger partial charge >= 0.3 is 5.97 Å². The molecule has 1 N–H and O–H groups in total. The summed E-state index contributed by atoms with van der Waals surface area (Å²) in [4.78, 5) is 23.0. The van der Waals surface area contributed by atoms with Crippen LogP contribution in [0.2, 0.25) is 0 Å². The maximum Gasteiger partial charge on any atom is 0.325 e. The number of hydrogen-bond acceptors (Lipinski definition) is 7. The van der Waals surface area contributed by atoms with E-state index in [1.807, 2.05) is 41.0 Å². The highest BCUT2D eigenvalue weighted by Gasteiger charge is 2.18. The lowest BCUT2D eigenvalue weighted by Gasteiger charge is -2.09. The SMILES string of the molecule is COC(=O)CNC(=O)CSc1nnc(-c2ccco2)n1Cc1ccccc1. The fourth-order valence-corrected chi connectivity index (χ4v) is 3.08. The molecule has 0 saturated carbocycles. The number of amides is 1. The van der Waals surface area contributed by atoms with E-state index in [9.17, 15) is 9.59 Å². The van der Waals surface area contributed by atoms with Crippen LogP contribution >= 0.6 is 11.8 Å². The summed E-state index contributed by atoms with van der Waals surface area (Å²) in [6.07, 6.45) is 1.57. The highest BCUT2D eigenvalue weighted by Crippen LogP contribution is 2.25. The van der Waals surface area contributed by atoms with Gasteiger partial charge in [-0.2, -0.15) is 0 Å². The second kappa shape index (κ2) is 9.04. The summed E-state index contributed by atoms with van der Waals surface area (Å²) in [5.41, 5.74) is 1.07. The van der Waals surface area contributed by atoms with Gasteiger partial charge in [0.15, 0.2) is 10.9 Å². The third-order valence-corrected chi connectivity index (χ3v) is 4.60. The predicted octanol–water partition coefficient (Wildman–Crippen LogP) is 1.97. The summed E-state index contributed by atoms with van der Waals surface area (Å²) in [5, 5.41) is 11.5. The van der Waals surface area contributed by atoms with Crippen molar-refractivity contribution in [2.45, 2.75) is 11.7 Å². The van der Waals surface area contributed by atoms with E-state index in [0.29, 0.717) is 23.3 Å². The number of esters is 1. The second-order valence-corrected chi connectivity index (χ2v) is 6.44. The van der Waals surface area contributed by atoms with Crippen molar-refractivity contribution in [2.75, 3.05) is 19.4 Å². The highest BCUT2D eigenvalue weighted by molar-refractivity contribution is 7.99. The minimum Gasteiger partial charge on any atom is -0.468 e. The van der Waals surface area contributed by atoms with Crippen LogP contribution in [0.15, 0.2) is 58.3 Å². The average Bonchev–Trinajstić information content (AvgIpc) is 3.35. The summed E-state index contributed by atoms with van der Waals surface area (Å²) in [6, 6.07) is 13.5. The van der Waals surface area contributed by atoms with Gasteiger partial charge < -0.3 is 14.5 Å². The van der Waals surface area contributed by atoms with Crippen molar-refractivity contribution in [1.82, 2.24) is 20.1 Å². The van der Waals surface area contributed by atoms with Crippen LogP contribution in [0.5, 0.6) is 0 Å². The molecule has 0 fully saturated rings. The van der Waals surface area contributed by atoms with Crippen molar-refractivity contribution in [2.24, 2.45) is 0 Å². The molecule has 8 nitrogen and oxygen atoms in total. The highest BCUT2D eigenvalue weighted by atomic mass is 32.2. The number of methoxy groups -OCH3 is 1. The Bertz CT molecular complexity index is 893. The lowest BCUT2D eigenvalue weighted by molar-refractivity contribution is -0.140. The number of furan rings is 1. The van der Waals surface area contributed by atoms with Crippen LogP contribution in [0.1, 0.15) is 5.56 Å². The van der Waals surface area contributed by atoms with E-state index in [-0.39, 0.29) is 18.2 Å². The van der Waals surface area contributed by atoms with Gasteiger partial charge in [-0.15, -0.1) is 10.2 Å². The number of carbonyl (C=O) groups is 2. The molecule has 1 amide bonds. The second-order valence-electron chi connectivity index (χ2n) is 5.50. The normalized spacial score (nSPS) is 10.6. The molecule has 27 heavy (non-hydrogen) atoms. The van der Waals surface area contributed by atoms with Crippen LogP contribution in [0.25, 0.3) is 11.6 Å². The molecule has 0 unspecified atom stereocenters. The number of carbonyl (C=O) groups excluding carboxylic acids is 2. The zero-order valence-corrected chi connectivity index (χ0v) is 15.4. The van der Waals surface area contributed by atoms with E-state index in [1.54, 1.807) is 12.3 Å². The average molecular weight is 386 g/mol. The molecule has 9 heteroatoms. The Morgan fingerprint density at radius 2 is 2.00 bits per heavy atom. The van der Waals surface area contributed by atoms with Crippen molar-refractivity contribution in [3.63, 3.8) is 0 Å². The summed E-state index contributed by atoms with van der Waals surface area (Å²) < 4.78 is 11.8. The molecule has 0 aliphatic heterocycles. The van der Waals surface area contributed by atoms with Crippen LogP contribution in [0, 0.1) is 0 Å². The third-order valence-electron chi connectivity index (χ3n) is 3.63. The molecule has 0 radical (unpaired) electrons. The van der Waals surface area contributed by atoms with E-state index in [1.165, 1.54) is 18.9 Å². The van der Waals surface area contributed by atoms with Crippen molar-refractivity contribution < 1.29 is 18.7 Å². The largest absolute Gasteiger partial charge is 0.468 e. The number of thioether (sulfide) groups is 1. The number of nitrogens with zero attached hydrogens (tertiary/aromatic N) is 3. The molecule has 2 heterocycles. The first kappa shape index (κ1) is 18.7. The molecule has 0 bridgehead atoms. The minimum absolute atomic E-state index is 0.0993. The first-order chi connectivity index (χ1) is 13.2. The number of rotatable bonds is 8. The fraction of sp³-hybridized carbons (Fsp3) is 0.222. The molecule has 0 saturated heterocycles. The first-order valence-corrected chi connectivity index (χ1v) is 9.13. The van der Waals surface area contributed by atoms with Gasteiger partial charge in [0.1, 0.15) is 6.54 Å². The van der Waals surface area contributed by atoms with Crippen LogP contribution in [0.4, 0.5) is 0 Å². The number of hydrogen-bond donors (Lipinski definition) is 1.